The number of nitrogens with one attached hydrogen (secondary N) is 2. The first-order valence-electron chi connectivity index (χ1n) is 9.91. The summed E-state index contributed by atoms with van der Waals surface area (Å²) in [6.07, 6.45) is 4.61. The zero-order chi connectivity index (χ0) is 21.2. The largest absolute Gasteiger partial charge is 0.461 e. The van der Waals surface area contributed by atoms with Gasteiger partial charge in [0.25, 0.3) is 0 Å². The van der Waals surface area contributed by atoms with Crippen molar-refractivity contribution in [3.05, 3.63) is 30.1 Å². The van der Waals surface area contributed by atoms with Crippen molar-refractivity contribution in [2.75, 3.05) is 6.54 Å². The summed E-state index contributed by atoms with van der Waals surface area (Å²) in [6.45, 7) is 4.62. The molecule has 0 saturated carbocycles. The zero-order valence-electron chi connectivity index (χ0n) is 16.9. The van der Waals surface area contributed by atoms with Crippen LogP contribution in [0.5, 0.6) is 0 Å². The third-order valence-corrected chi connectivity index (χ3v) is 4.82. The van der Waals surface area contributed by atoms with Crippen molar-refractivity contribution in [1.29, 1.82) is 5.26 Å². The predicted molar refractivity (Wildman–Crippen MR) is 105 cm³/mol. The summed E-state index contributed by atoms with van der Waals surface area (Å²) in [7, 11) is 0. The SMILES string of the molecule is CC(C)C[C@H](CC(=O)OCc1cccnc1)C(=O)N[C@H](C#N)C[C@@H]1CCNC1=O. The average molecular weight is 400 g/mol. The molecule has 1 saturated heterocycles. The summed E-state index contributed by atoms with van der Waals surface area (Å²) < 4.78 is 5.27. The molecule has 2 rings (SSSR count). The van der Waals surface area contributed by atoms with E-state index in [0.29, 0.717) is 19.4 Å². The molecule has 8 heteroatoms. The number of ether oxygens (including phenoxy) is 1. The highest BCUT2D eigenvalue weighted by molar-refractivity contribution is 5.84. The second-order valence-corrected chi connectivity index (χ2v) is 7.76. The van der Waals surface area contributed by atoms with Gasteiger partial charge in [0.05, 0.1) is 12.5 Å². The number of amides is 2. The van der Waals surface area contributed by atoms with Gasteiger partial charge in [-0.25, -0.2) is 0 Å². The fraction of sp³-hybridized carbons (Fsp3) is 0.571. The first-order valence-corrected chi connectivity index (χ1v) is 9.91. The van der Waals surface area contributed by atoms with E-state index < -0.39 is 17.9 Å². The van der Waals surface area contributed by atoms with Crippen LogP contribution in [0, 0.1) is 29.1 Å². The molecule has 0 aromatic carbocycles. The minimum Gasteiger partial charge on any atom is -0.461 e. The van der Waals surface area contributed by atoms with Crippen LogP contribution in [0.25, 0.3) is 0 Å². The third-order valence-electron chi connectivity index (χ3n) is 4.82. The normalized spacial score (nSPS) is 17.9. The number of hydrogen-bond donors (Lipinski definition) is 2. The van der Waals surface area contributed by atoms with E-state index in [1.165, 1.54) is 0 Å². The number of rotatable bonds is 10. The van der Waals surface area contributed by atoms with Crippen LogP contribution in [0.2, 0.25) is 0 Å². The Morgan fingerprint density at radius 2 is 2.24 bits per heavy atom. The second kappa shape index (κ2) is 11.1. The van der Waals surface area contributed by atoms with Crippen LogP contribution in [-0.2, 0) is 25.7 Å². The summed E-state index contributed by atoms with van der Waals surface area (Å²) >= 11 is 0. The van der Waals surface area contributed by atoms with Gasteiger partial charge in [-0.3, -0.25) is 19.4 Å². The maximum absolute atomic E-state index is 12.7. The fourth-order valence-electron chi connectivity index (χ4n) is 3.35. The lowest BCUT2D eigenvalue weighted by molar-refractivity contribution is -0.148. The zero-order valence-corrected chi connectivity index (χ0v) is 16.9. The highest BCUT2D eigenvalue weighted by Gasteiger charge is 2.30. The lowest BCUT2D eigenvalue weighted by Gasteiger charge is -2.21. The van der Waals surface area contributed by atoms with Crippen molar-refractivity contribution in [3.63, 3.8) is 0 Å². The number of carbonyl (C=O) groups is 3. The lowest BCUT2D eigenvalue weighted by atomic mass is 9.92. The van der Waals surface area contributed by atoms with Gasteiger partial charge in [0.1, 0.15) is 12.6 Å². The molecule has 29 heavy (non-hydrogen) atoms. The summed E-state index contributed by atoms with van der Waals surface area (Å²) in [5.41, 5.74) is 0.769. The van der Waals surface area contributed by atoms with Gasteiger partial charge in [-0.2, -0.15) is 5.26 Å². The van der Waals surface area contributed by atoms with E-state index in [1.807, 2.05) is 13.8 Å². The second-order valence-electron chi connectivity index (χ2n) is 7.76. The molecular weight excluding hydrogens is 372 g/mol. The van der Waals surface area contributed by atoms with E-state index in [2.05, 4.69) is 21.7 Å². The lowest BCUT2D eigenvalue weighted by Crippen LogP contribution is -2.41. The maximum atomic E-state index is 12.7. The molecule has 3 atom stereocenters. The van der Waals surface area contributed by atoms with Crippen LogP contribution >= 0.6 is 0 Å². The minimum atomic E-state index is -0.766. The summed E-state index contributed by atoms with van der Waals surface area (Å²) in [4.78, 5) is 40.7. The van der Waals surface area contributed by atoms with Crippen molar-refractivity contribution >= 4 is 17.8 Å². The molecule has 156 valence electrons. The van der Waals surface area contributed by atoms with E-state index in [-0.39, 0.29) is 43.1 Å². The van der Waals surface area contributed by atoms with E-state index in [1.54, 1.807) is 24.5 Å². The number of carbonyl (C=O) groups excluding carboxylic acids is 3. The average Bonchev–Trinajstić information content (AvgIpc) is 3.10. The molecule has 0 radical (unpaired) electrons. The van der Waals surface area contributed by atoms with Crippen LogP contribution in [-0.4, -0.2) is 35.4 Å². The van der Waals surface area contributed by atoms with Crippen LogP contribution in [0.1, 0.15) is 45.1 Å². The minimum absolute atomic E-state index is 0.0632. The summed E-state index contributed by atoms with van der Waals surface area (Å²) in [5.74, 6) is -1.59. The number of pyridine rings is 1. The first-order chi connectivity index (χ1) is 13.9. The van der Waals surface area contributed by atoms with Crippen LogP contribution in [0.15, 0.2) is 24.5 Å². The molecule has 1 fully saturated rings. The molecule has 0 spiro atoms. The predicted octanol–water partition coefficient (Wildman–Crippen LogP) is 1.71. The molecule has 1 aliphatic heterocycles. The van der Waals surface area contributed by atoms with E-state index in [0.717, 1.165) is 5.56 Å². The number of esters is 1. The summed E-state index contributed by atoms with van der Waals surface area (Å²) in [5, 5.41) is 14.8. The highest BCUT2D eigenvalue weighted by Crippen LogP contribution is 2.20. The highest BCUT2D eigenvalue weighted by atomic mass is 16.5. The van der Waals surface area contributed by atoms with Crippen LogP contribution in [0.3, 0.4) is 0 Å². The van der Waals surface area contributed by atoms with Gasteiger partial charge in [-0.05, 0) is 31.2 Å². The quantitative estimate of drug-likeness (QED) is 0.577. The molecule has 1 aromatic heterocycles. The molecule has 2 N–H and O–H groups in total. The number of hydrogen-bond acceptors (Lipinski definition) is 6. The Hall–Kier alpha value is -2.95. The standard InChI is InChI=1S/C21H28N4O4/c1-14(2)8-17(10-19(26)29-13-15-4-3-6-23-12-15)21(28)25-18(11-22)9-16-5-7-24-20(16)27/h3-4,6,12,14,16-18H,5,7-10,13H2,1-2H3,(H,24,27)(H,25,28)/t16-,17+,18-/m0/s1. The number of nitriles is 1. The van der Waals surface area contributed by atoms with E-state index in [4.69, 9.17) is 4.74 Å². The molecular formula is C21H28N4O4. The smallest absolute Gasteiger partial charge is 0.306 e. The van der Waals surface area contributed by atoms with Crippen molar-refractivity contribution in [2.45, 2.75) is 52.2 Å². The van der Waals surface area contributed by atoms with Gasteiger partial charge in [0.15, 0.2) is 0 Å². The first kappa shape index (κ1) is 22.3. The fourth-order valence-corrected chi connectivity index (χ4v) is 3.35. The Morgan fingerprint density at radius 3 is 2.83 bits per heavy atom. The van der Waals surface area contributed by atoms with Crippen molar-refractivity contribution < 1.29 is 19.1 Å². The molecule has 2 heterocycles. The summed E-state index contributed by atoms with van der Waals surface area (Å²) in [6, 6.07) is 4.84. The molecule has 1 aromatic rings. The molecule has 0 aliphatic carbocycles. The maximum Gasteiger partial charge on any atom is 0.306 e. The molecule has 1 aliphatic rings. The van der Waals surface area contributed by atoms with Crippen molar-refractivity contribution in [1.82, 2.24) is 15.6 Å². The van der Waals surface area contributed by atoms with Crippen molar-refractivity contribution in [2.24, 2.45) is 17.8 Å². The van der Waals surface area contributed by atoms with Gasteiger partial charge in [-0.1, -0.05) is 19.9 Å². The molecule has 2 amide bonds. The van der Waals surface area contributed by atoms with Crippen LogP contribution in [0.4, 0.5) is 0 Å². The van der Waals surface area contributed by atoms with Gasteiger partial charge >= 0.3 is 5.97 Å². The third kappa shape index (κ3) is 7.53. The molecule has 0 unspecified atom stereocenters. The molecule has 8 nitrogen and oxygen atoms in total. The van der Waals surface area contributed by atoms with Gasteiger partial charge in [-0.15, -0.1) is 0 Å². The Morgan fingerprint density at radius 1 is 1.45 bits per heavy atom. The molecule has 0 bridgehead atoms. The van der Waals surface area contributed by atoms with E-state index in [9.17, 15) is 19.6 Å². The number of aromatic nitrogens is 1. The Labute approximate surface area is 171 Å². The van der Waals surface area contributed by atoms with Gasteiger partial charge < -0.3 is 15.4 Å². The van der Waals surface area contributed by atoms with Crippen LogP contribution < -0.4 is 10.6 Å². The van der Waals surface area contributed by atoms with E-state index >= 15 is 0 Å². The van der Waals surface area contributed by atoms with Gasteiger partial charge in [0.2, 0.25) is 11.8 Å². The topological polar surface area (TPSA) is 121 Å². The Bertz CT molecular complexity index is 745. The monoisotopic (exact) mass is 400 g/mol. The van der Waals surface area contributed by atoms with Crippen molar-refractivity contribution in [3.8, 4) is 6.07 Å². The number of nitrogens with zero attached hydrogens (tertiary/aromatic N) is 2. The Kier molecular flexibility index (Phi) is 8.59. The van der Waals surface area contributed by atoms with Gasteiger partial charge in [0, 0.05) is 36.3 Å². The Balaban J connectivity index is 1.91.